The molecule has 2 N–H and O–H groups in total. The molecule has 2 aromatic rings. The van der Waals surface area contributed by atoms with Crippen LogP contribution in [0.25, 0.3) is 0 Å². The summed E-state index contributed by atoms with van der Waals surface area (Å²) in [6.07, 6.45) is 1.45. The maximum atomic E-state index is 12.2. The molecule has 0 saturated carbocycles. The lowest BCUT2D eigenvalue weighted by molar-refractivity contribution is 0.350. The van der Waals surface area contributed by atoms with Gasteiger partial charge in [0.15, 0.2) is 5.03 Å². The van der Waals surface area contributed by atoms with Crippen molar-refractivity contribution in [3.05, 3.63) is 41.9 Å². The molecule has 0 bridgehead atoms. The highest BCUT2D eigenvalue weighted by molar-refractivity contribution is 7.92. The topological polar surface area (TPSA) is 84.2 Å². The minimum atomic E-state index is -3.73. The fourth-order valence-electron chi connectivity index (χ4n) is 1.67. The number of nitrogens with one attached hydrogen (secondary N) is 1. The Bertz CT molecular complexity index is 794. The maximum Gasteiger partial charge on any atom is 0.280 e. The van der Waals surface area contributed by atoms with Gasteiger partial charge in [0.1, 0.15) is 12.4 Å². The monoisotopic (exact) mass is 305 g/mol. The van der Waals surface area contributed by atoms with E-state index in [0.717, 1.165) is 0 Å². The fourth-order valence-corrected chi connectivity index (χ4v) is 2.76. The van der Waals surface area contributed by atoms with E-state index in [4.69, 9.17) is 5.11 Å². The Kier molecular flexibility index (Phi) is 4.31. The predicted octanol–water partition coefficient (Wildman–Crippen LogP) is 0.873. The van der Waals surface area contributed by atoms with Gasteiger partial charge in [-0.1, -0.05) is 17.9 Å². The summed E-state index contributed by atoms with van der Waals surface area (Å²) in [4.78, 5) is 4.00. The quantitative estimate of drug-likeness (QED) is 0.824. The third-order valence-electron chi connectivity index (χ3n) is 2.79. The van der Waals surface area contributed by atoms with E-state index in [-0.39, 0.29) is 11.6 Å². The summed E-state index contributed by atoms with van der Waals surface area (Å²) in [6.45, 7) is 1.48. The standard InChI is InChI=1S/C14H15N3O3S/c1-11-15-14(10-17(11)2)21(19,20)16-13-7-3-5-12(9-13)6-4-8-18/h3,5,7,9-10,16,18H,8H2,1-2H3. The van der Waals surface area contributed by atoms with E-state index in [1.165, 1.54) is 6.20 Å². The highest BCUT2D eigenvalue weighted by atomic mass is 32.2. The normalized spacial score (nSPS) is 10.8. The van der Waals surface area contributed by atoms with Crippen LogP contribution in [0.2, 0.25) is 0 Å². The van der Waals surface area contributed by atoms with Crippen LogP contribution in [-0.4, -0.2) is 29.7 Å². The van der Waals surface area contributed by atoms with Crippen LogP contribution in [-0.2, 0) is 17.1 Å². The van der Waals surface area contributed by atoms with E-state index in [1.54, 1.807) is 42.8 Å². The van der Waals surface area contributed by atoms with Gasteiger partial charge in [-0.2, -0.15) is 8.42 Å². The molecule has 0 aliphatic rings. The lowest BCUT2D eigenvalue weighted by Crippen LogP contribution is -2.13. The first-order valence-electron chi connectivity index (χ1n) is 6.15. The van der Waals surface area contributed by atoms with Gasteiger partial charge in [0.2, 0.25) is 0 Å². The fraction of sp³-hybridized carbons (Fsp3) is 0.214. The van der Waals surface area contributed by atoms with Crippen molar-refractivity contribution in [1.82, 2.24) is 9.55 Å². The molecule has 2 rings (SSSR count). The van der Waals surface area contributed by atoms with E-state index < -0.39 is 10.0 Å². The Morgan fingerprint density at radius 1 is 1.43 bits per heavy atom. The first-order valence-corrected chi connectivity index (χ1v) is 7.63. The van der Waals surface area contributed by atoms with Gasteiger partial charge in [-0.25, -0.2) is 4.98 Å². The Labute approximate surface area is 123 Å². The maximum absolute atomic E-state index is 12.2. The molecule has 1 aromatic heterocycles. The molecule has 0 radical (unpaired) electrons. The Morgan fingerprint density at radius 3 is 2.81 bits per heavy atom. The second-order valence-electron chi connectivity index (χ2n) is 4.38. The van der Waals surface area contributed by atoms with E-state index >= 15 is 0 Å². The summed E-state index contributed by atoms with van der Waals surface area (Å²) in [5.41, 5.74) is 1.00. The van der Waals surface area contributed by atoms with Crippen molar-refractivity contribution in [2.45, 2.75) is 11.9 Å². The highest BCUT2D eigenvalue weighted by Gasteiger charge is 2.18. The molecule has 7 heteroatoms. The molecule has 0 atom stereocenters. The van der Waals surface area contributed by atoms with Gasteiger partial charge in [0, 0.05) is 18.8 Å². The van der Waals surface area contributed by atoms with E-state index in [1.807, 2.05) is 0 Å². The zero-order valence-corrected chi connectivity index (χ0v) is 12.5. The molecule has 6 nitrogen and oxygen atoms in total. The summed E-state index contributed by atoms with van der Waals surface area (Å²) >= 11 is 0. The number of imidazole rings is 1. The average molecular weight is 305 g/mol. The summed E-state index contributed by atoms with van der Waals surface area (Å²) in [7, 11) is -2.00. The zero-order valence-electron chi connectivity index (χ0n) is 11.7. The Hall–Kier alpha value is -2.30. The van der Waals surface area contributed by atoms with Gasteiger partial charge >= 0.3 is 0 Å². The Morgan fingerprint density at radius 2 is 2.19 bits per heavy atom. The van der Waals surface area contributed by atoms with Crippen molar-refractivity contribution in [3.8, 4) is 11.8 Å². The summed E-state index contributed by atoms with van der Waals surface area (Å²) < 4.78 is 28.6. The number of sulfonamides is 1. The van der Waals surface area contributed by atoms with Gasteiger partial charge in [0.25, 0.3) is 10.0 Å². The molecule has 0 aliphatic carbocycles. The predicted molar refractivity (Wildman–Crippen MR) is 79.2 cm³/mol. The first kappa shape index (κ1) is 15.1. The van der Waals surface area contributed by atoms with Crippen LogP contribution in [0.4, 0.5) is 5.69 Å². The van der Waals surface area contributed by atoms with Gasteiger partial charge < -0.3 is 9.67 Å². The minimum Gasteiger partial charge on any atom is -0.384 e. The highest BCUT2D eigenvalue weighted by Crippen LogP contribution is 2.16. The van der Waals surface area contributed by atoms with Crippen molar-refractivity contribution in [1.29, 1.82) is 0 Å². The first-order chi connectivity index (χ1) is 9.92. The van der Waals surface area contributed by atoms with Crippen LogP contribution < -0.4 is 4.72 Å². The molecule has 0 unspecified atom stereocenters. The molecule has 0 spiro atoms. The van der Waals surface area contributed by atoms with Gasteiger partial charge in [-0.15, -0.1) is 0 Å². The van der Waals surface area contributed by atoms with E-state index in [9.17, 15) is 8.42 Å². The number of nitrogens with zero attached hydrogens (tertiary/aromatic N) is 2. The molecule has 0 aliphatic heterocycles. The van der Waals surface area contributed by atoms with Crippen LogP contribution >= 0.6 is 0 Å². The zero-order chi connectivity index (χ0) is 15.5. The lowest BCUT2D eigenvalue weighted by atomic mass is 10.2. The van der Waals surface area contributed by atoms with E-state index in [0.29, 0.717) is 17.1 Å². The van der Waals surface area contributed by atoms with E-state index in [2.05, 4.69) is 21.5 Å². The SMILES string of the molecule is Cc1nc(S(=O)(=O)Nc2cccc(C#CCO)c2)cn1C. The second kappa shape index (κ2) is 5.99. The average Bonchev–Trinajstić information content (AvgIpc) is 2.77. The number of hydrogen-bond donors (Lipinski definition) is 2. The lowest BCUT2D eigenvalue weighted by Gasteiger charge is -2.05. The molecule has 0 fully saturated rings. The molecule has 0 saturated heterocycles. The number of aromatic nitrogens is 2. The molecule has 0 amide bonds. The third-order valence-corrected chi connectivity index (χ3v) is 4.04. The number of anilines is 1. The Balaban J connectivity index is 2.28. The van der Waals surface area contributed by atoms with Crippen molar-refractivity contribution in [3.63, 3.8) is 0 Å². The number of rotatable bonds is 3. The molecule has 1 heterocycles. The van der Waals surface area contributed by atoms with Crippen LogP contribution in [0.5, 0.6) is 0 Å². The summed E-state index contributed by atoms with van der Waals surface area (Å²) in [5, 5.41) is 8.63. The number of benzene rings is 1. The molecule has 21 heavy (non-hydrogen) atoms. The van der Waals surface area contributed by atoms with Gasteiger partial charge in [-0.05, 0) is 25.1 Å². The number of aliphatic hydroxyl groups excluding tert-OH is 1. The number of aliphatic hydroxyl groups is 1. The molecule has 110 valence electrons. The van der Waals surface area contributed by atoms with Crippen LogP contribution in [0.3, 0.4) is 0 Å². The van der Waals surface area contributed by atoms with Crippen LogP contribution in [0.15, 0.2) is 35.5 Å². The second-order valence-corrected chi connectivity index (χ2v) is 6.01. The summed E-state index contributed by atoms with van der Waals surface area (Å²) in [5.74, 6) is 5.84. The molecular formula is C14H15N3O3S. The molecule has 1 aromatic carbocycles. The van der Waals surface area contributed by atoms with Crippen LogP contribution in [0.1, 0.15) is 11.4 Å². The third kappa shape index (κ3) is 3.62. The number of aryl methyl sites for hydroxylation is 2. The van der Waals surface area contributed by atoms with Gasteiger partial charge in [-0.3, -0.25) is 4.72 Å². The van der Waals surface area contributed by atoms with Crippen LogP contribution in [0, 0.1) is 18.8 Å². The molecular weight excluding hydrogens is 290 g/mol. The minimum absolute atomic E-state index is 0.0330. The number of hydrogen-bond acceptors (Lipinski definition) is 4. The van der Waals surface area contributed by atoms with Crippen molar-refractivity contribution >= 4 is 15.7 Å². The largest absolute Gasteiger partial charge is 0.384 e. The van der Waals surface area contributed by atoms with Crippen molar-refractivity contribution in [2.24, 2.45) is 7.05 Å². The van der Waals surface area contributed by atoms with Crippen molar-refractivity contribution in [2.75, 3.05) is 11.3 Å². The van der Waals surface area contributed by atoms with Gasteiger partial charge in [0.05, 0.1) is 5.69 Å². The van der Waals surface area contributed by atoms with Crippen molar-refractivity contribution < 1.29 is 13.5 Å². The smallest absolute Gasteiger partial charge is 0.280 e. The summed E-state index contributed by atoms with van der Waals surface area (Å²) in [6, 6.07) is 6.63.